The van der Waals surface area contributed by atoms with Crippen LogP contribution in [0.3, 0.4) is 0 Å². The van der Waals surface area contributed by atoms with Gasteiger partial charge in [-0.1, -0.05) is 27.7 Å². The number of hydrogen-bond donors (Lipinski definition) is 0. The molecule has 0 bridgehead atoms. The monoisotopic (exact) mass is 233 g/mol. The molecule has 88 valence electrons. The molecule has 15 heavy (non-hydrogen) atoms. The molecular formula is C10H19NO3S. The zero-order valence-corrected chi connectivity index (χ0v) is 10.6. The number of carbonyl (C=O) groups excluding carboxylic acids is 1. The molecule has 1 saturated heterocycles. The van der Waals surface area contributed by atoms with Gasteiger partial charge in [0.15, 0.2) is 5.78 Å². The fraction of sp³-hybridized carbons (Fsp3) is 0.900. The number of nitrogens with zero attached hydrogens (tertiary/aromatic N) is 1. The summed E-state index contributed by atoms with van der Waals surface area (Å²) in [5.74, 6) is 0.271. The molecule has 1 aliphatic rings. The van der Waals surface area contributed by atoms with Gasteiger partial charge in [0.1, 0.15) is 0 Å². The van der Waals surface area contributed by atoms with Crippen molar-refractivity contribution in [3.63, 3.8) is 0 Å². The second-order valence-electron chi connectivity index (χ2n) is 5.35. The second-order valence-corrected chi connectivity index (χ2v) is 7.36. The second kappa shape index (κ2) is 3.87. The lowest BCUT2D eigenvalue weighted by molar-refractivity contribution is -0.126. The van der Waals surface area contributed by atoms with Crippen LogP contribution in [0.1, 0.15) is 27.7 Å². The molecule has 0 radical (unpaired) electrons. The Labute approximate surface area is 91.7 Å². The SMILES string of the molecule is CC1CN(CC(=O)C(C)(C)C)S(=O)(=O)C1. The predicted molar refractivity (Wildman–Crippen MR) is 59.0 cm³/mol. The molecule has 1 heterocycles. The highest BCUT2D eigenvalue weighted by Gasteiger charge is 2.36. The summed E-state index contributed by atoms with van der Waals surface area (Å²) in [6.07, 6.45) is 0. The summed E-state index contributed by atoms with van der Waals surface area (Å²) < 4.78 is 24.5. The first-order valence-corrected chi connectivity index (χ1v) is 6.75. The van der Waals surface area contributed by atoms with Crippen LogP contribution in [0.25, 0.3) is 0 Å². The first-order chi connectivity index (χ1) is 6.63. The van der Waals surface area contributed by atoms with Gasteiger partial charge in [-0.15, -0.1) is 0 Å². The van der Waals surface area contributed by atoms with E-state index in [4.69, 9.17) is 0 Å². The lowest BCUT2D eigenvalue weighted by Crippen LogP contribution is -2.36. The fourth-order valence-electron chi connectivity index (χ4n) is 1.54. The number of sulfonamides is 1. The Hall–Kier alpha value is -0.420. The highest BCUT2D eigenvalue weighted by atomic mass is 32.2. The smallest absolute Gasteiger partial charge is 0.214 e. The normalized spacial score (nSPS) is 26.8. The Morgan fingerprint density at radius 1 is 1.40 bits per heavy atom. The van der Waals surface area contributed by atoms with Gasteiger partial charge >= 0.3 is 0 Å². The van der Waals surface area contributed by atoms with E-state index in [1.807, 2.05) is 6.92 Å². The standard InChI is InChI=1S/C10H19NO3S/c1-8-5-11(15(13,14)7-8)6-9(12)10(2,3)4/h8H,5-7H2,1-4H3. The van der Waals surface area contributed by atoms with Gasteiger partial charge in [0.05, 0.1) is 12.3 Å². The Morgan fingerprint density at radius 2 is 1.93 bits per heavy atom. The van der Waals surface area contributed by atoms with E-state index in [1.54, 1.807) is 20.8 Å². The van der Waals surface area contributed by atoms with Gasteiger partial charge in [0, 0.05) is 12.0 Å². The van der Waals surface area contributed by atoms with Gasteiger partial charge in [-0.2, -0.15) is 4.31 Å². The maximum absolute atomic E-state index is 11.7. The predicted octanol–water partition coefficient (Wildman–Crippen LogP) is 0.883. The maximum atomic E-state index is 11.7. The summed E-state index contributed by atoms with van der Waals surface area (Å²) in [6, 6.07) is 0. The van der Waals surface area contributed by atoms with Crippen LogP contribution >= 0.6 is 0 Å². The maximum Gasteiger partial charge on any atom is 0.214 e. The molecular weight excluding hydrogens is 214 g/mol. The highest BCUT2D eigenvalue weighted by Crippen LogP contribution is 2.22. The number of rotatable bonds is 2. The van der Waals surface area contributed by atoms with E-state index < -0.39 is 15.4 Å². The molecule has 0 N–H and O–H groups in total. The van der Waals surface area contributed by atoms with Crippen molar-refractivity contribution < 1.29 is 13.2 Å². The van der Waals surface area contributed by atoms with Crippen molar-refractivity contribution in [2.24, 2.45) is 11.3 Å². The van der Waals surface area contributed by atoms with E-state index in [0.717, 1.165) is 0 Å². The van der Waals surface area contributed by atoms with Crippen LogP contribution < -0.4 is 0 Å². The van der Waals surface area contributed by atoms with Crippen molar-refractivity contribution in [2.75, 3.05) is 18.8 Å². The van der Waals surface area contributed by atoms with Crippen LogP contribution in [0.5, 0.6) is 0 Å². The third kappa shape index (κ3) is 3.01. The van der Waals surface area contributed by atoms with Crippen LogP contribution in [0.2, 0.25) is 0 Å². The lowest BCUT2D eigenvalue weighted by atomic mass is 9.91. The third-order valence-electron chi connectivity index (χ3n) is 2.56. The Morgan fingerprint density at radius 3 is 2.27 bits per heavy atom. The van der Waals surface area contributed by atoms with Crippen molar-refractivity contribution in [2.45, 2.75) is 27.7 Å². The topological polar surface area (TPSA) is 54.5 Å². The summed E-state index contributed by atoms with van der Waals surface area (Å²) in [7, 11) is -3.18. The van der Waals surface area contributed by atoms with Crippen LogP contribution in [0.15, 0.2) is 0 Å². The van der Waals surface area contributed by atoms with Gasteiger partial charge < -0.3 is 0 Å². The molecule has 5 heteroatoms. The molecule has 4 nitrogen and oxygen atoms in total. The van der Waals surface area contributed by atoms with Crippen molar-refractivity contribution in [1.82, 2.24) is 4.31 Å². The molecule has 0 spiro atoms. The van der Waals surface area contributed by atoms with E-state index in [-0.39, 0.29) is 24.0 Å². The molecule has 1 unspecified atom stereocenters. The first-order valence-electron chi connectivity index (χ1n) is 5.14. The minimum atomic E-state index is -3.18. The minimum absolute atomic E-state index is 0.0240. The zero-order valence-electron chi connectivity index (χ0n) is 9.78. The summed E-state index contributed by atoms with van der Waals surface area (Å²) in [5.41, 5.74) is -0.471. The Bertz CT molecular complexity index is 353. The van der Waals surface area contributed by atoms with Crippen molar-refractivity contribution >= 4 is 15.8 Å². The van der Waals surface area contributed by atoms with Crippen LogP contribution in [0, 0.1) is 11.3 Å². The average Bonchev–Trinajstić information content (AvgIpc) is 2.22. The van der Waals surface area contributed by atoms with E-state index in [0.29, 0.717) is 6.54 Å². The molecule has 1 aliphatic heterocycles. The van der Waals surface area contributed by atoms with E-state index in [9.17, 15) is 13.2 Å². The van der Waals surface area contributed by atoms with Crippen LogP contribution in [-0.2, 0) is 14.8 Å². The highest BCUT2D eigenvalue weighted by molar-refractivity contribution is 7.89. The number of ketones is 1. The lowest BCUT2D eigenvalue weighted by Gasteiger charge is -2.21. The van der Waals surface area contributed by atoms with E-state index in [1.165, 1.54) is 4.31 Å². The number of Topliss-reactive ketones (excluding diaryl/α,β-unsaturated/α-hetero) is 1. The molecule has 0 aromatic carbocycles. The van der Waals surface area contributed by atoms with Crippen molar-refractivity contribution in [3.05, 3.63) is 0 Å². The number of hydrogen-bond acceptors (Lipinski definition) is 3. The number of carbonyl (C=O) groups is 1. The molecule has 0 aromatic rings. The minimum Gasteiger partial charge on any atom is -0.298 e. The Kier molecular flexibility index (Phi) is 3.26. The average molecular weight is 233 g/mol. The quantitative estimate of drug-likeness (QED) is 0.711. The van der Waals surface area contributed by atoms with Gasteiger partial charge in [-0.05, 0) is 5.92 Å². The molecule has 0 aromatic heterocycles. The van der Waals surface area contributed by atoms with Gasteiger partial charge in [0.25, 0.3) is 0 Å². The molecule has 1 fully saturated rings. The third-order valence-corrected chi connectivity index (χ3v) is 4.62. The van der Waals surface area contributed by atoms with Gasteiger partial charge in [-0.3, -0.25) is 4.79 Å². The van der Waals surface area contributed by atoms with Crippen LogP contribution in [-0.4, -0.2) is 37.3 Å². The first kappa shape index (κ1) is 12.6. The summed E-state index contributed by atoms with van der Waals surface area (Å²) >= 11 is 0. The molecule has 1 rings (SSSR count). The van der Waals surface area contributed by atoms with Crippen LogP contribution in [0.4, 0.5) is 0 Å². The summed E-state index contributed by atoms with van der Waals surface area (Å²) in [4.78, 5) is 11.7. The molecule has 0 saturated carbocycles. The van der Waals surface area contributed by atoms with Gasteiger partial charge in [0.2, 0.25) is 10.0 Å². The van der Waals surface area contributed by atoms with Crippen molar-refractivity contribution in [3.8, 4) is 0 Å². The molecule has 0 aliphatic carbocycles. The van der Waals surface area contributed by atoms with Crippen molar-refractivity contribution in [1.29, 1.82) is 0 Å². The summed E-state index contributed by atoms with van der Waals surface area (Å²) in [6.45, 7) is 7.81. The fourth-order valence-corrected chi connectivity index (χ4v) is 3.37. The summed E-state index contributed by atoms with van der Waals surface area (Å²) in [5, 5.41) is 0. The zero-order chi connectivity index (χ0) is 11.9. The van der Waals surface area contributed by atoms with E-state index in [2.05, 4.69) is 0 Å². The van der Waals surface area contributed by atoms with E-state index >= 15 is 0 Å². The molecule has 0 amide bonds. The molecule has 1 atom stereocenters. The van der Waals surface area contributed by atoms with Gasteiger partial charge in [-0.25, -0.2) is 8.42 Å². The largest absolute Gasteiger partial charge is 0.298 e. The Balaban J connectivity index is 2.72.